The molecule has 0 radical (unpaired) electrons. The maximum Gasteiger partial charge on any atom is 0.498 e. The van der Waals surface area contributed by atoms with Gasteiger partial charge < -0.3 is 18.6 Å². The highest BCUT2D eigenvalue weighted by atomic mass is 32.3. The molecule has 1 fully saturated rings. The van der Waals surface area contributed by atoms with Gasteiger partial charge >= 0.3 is 7.12 Å². The van der Waals surface area contributed by atoms with Crippen LogP contribution in [0.3, 0.4) is 0 Å². The molecule has 2 heterocycles. The number of halogens is 1. The molecule has 170 valence electrons. The number of nitrogens with zero attached hydrogens (tertiary/aromatic N) is 2. The Hall–Kier alpha value is -1.53. The summed E-state index contributed by atoms with van der Waals surface area (Å²) >= 11 is 0. The highest BCUT2D eigenvalue weighted by Crippen LogP contribution is 2.38. The van der Waals surface area contributed by atoms with Crippen molar-refractivity contribution in [2.75, 3.05) is 31.1 Å². The SMILES string of the molecule is Cc1c(C)n(COCCS(C)(C)C)c2c(C#N)cc(F)c(B3OC(C)(C)C(C)(C)O3)c12. The summed E-state index contributed by atoms with van der Waals surface area (Å²) in [7, 11) is -1.50. The molecule has 1 aromatic heterocycles. The Labute approximate surface area is 187 Å². The van der Waals surface area contributed by atoms with Crippen LogP contribution in [0.5, 0.6) is 0 Å². The number of hydrogen-bond donors (Lipinski definition) is 0. The quantitative estimate of drug-likeness (QED) is 0.490. The van der Waals surface area contributed by atoms with E-state index in [0.29, 0.717) is 29.7 Å². The summed E-state index contributed by atoms with van der Waals surface area (Å²) in [6.07, 6.45) is 6.76. The number of ether oxygens (including phenoxy) is 1. The van der Waals surface area contributed by atoms with Gasteiger partial charge in [-0.15, -0.1) is 0 Å². The number of hydrogen-bond acceptors (Lipinski definition) is 4. The molecule has 1 aromatic carbocycles. The Kier molecular flexibility index (Phi) is 6.31. The van der Waals surface area contributed by atoms with Crippen molar-refractivity contribution in [3.8, 4) is 6.07 Å². The lowest BCUT2D eigenvalue weighted by Crippen LogP contribution is -2.41. The highest BCUT2D eigenvalue weighted by Gasteiger charge is 2.53. The zero-order valence-electron chi connectivity index (χ0n) is 20.2. The van der Waals surface area contributed by atoms with Gasteiger partial charge in [-0.1, -0.05) is 0 Å². The van der Waals surface area contributed by atoms with Gasteiger partial charge in [-0.25, -0.2) is 14.4 Å². The van der Waals surface area contributed by atoms with E-state index in [1.165, 1.54) is 6.07 Å². The Morgan fingerprint density at radius 1 is 1.16 bits per heavy atom. The summed E-state index contributed by atoms with van der Waals surface area (Å²) in [5.74, 6) is 0.517. The summed E-state index contributed by atoms with van der Waals surface area (Å²) in [5, 5.41) is 10.4. The summed E-state index contributed by atoms with van der Waals surface area (Å²) in [6, 6.07) is 3.45. The first kappa shape index (κ1) is 24.1. The van der Waals surface area contributed by atoms with Crippen molar-refractivity contribution in [2.45, 2.75) is 59.5 Å². The lowest BCUT2D eigenvalue weighted by molar-refractivity contribution is 0.00578. The molecule has 0 unspecified atom stereocenters. The second-order valence-corrected chi connectivity index (χ2v) is 14.8. The minimum absolute atomic E-state index is 0.286. The molecule has 0 bridgehead atoms. The number of nitriles is 1. The van der Waals surface area contributed by atoms with Gasteiger partial charge in [-0.2, -0.15) is 5.26 Å². The monoisotopic (exact) mass is 448 g/mol. The number of fused-ring (bicyclic) bond motifs is 1. The van der Waals surface area contributed by atoms with Gasteiger partial charge in [-0.05, 0) is 71.9 Å². The standard InChI is InChI=1S/C23H34BFN2O3S/c1-15-16(2)27(14-28-10-11-31(7,8)9)21-17(13-26)12-18(25)20(19(15)21)24-29-22(3,4)23(5,6)30-24/h12H,10-11,14H2,1-9H3. The Morgan fingerprint density at radius 2 is 1.74 bits per heavy atom. The van der Waals surface area contributed by atoms with Crippen LogP contribution in [0, 0.1) is 31.0 Å². The third-order valence-electron chi connectivity index (χ3n) is 6.55. The van der Waals surface area contributed by atoms with Crippen LogP contribution in [-0.4, -0.2) is 54.0 Å². The minimum Gasteiger partial charge on any atom is -0.399 e. The smallest absolute Gasteiger partial charge is 0.399 e. The summed E-state index contributed by atoms with van der Waals surface area (Å²) in [5.41, 5.74) is 1.98. The second kappa shape index (κ2) is 8.11. The third-order valence-corrected chi connectivity index (χ3v) is 7.94. The molecule has 0 spiro atoms. The molecule has 8 heteroatoms. The maximum absolute atomic E-state index is 15.3. The predicted octanol–water partition coefficient (Wildman–Crippen LogP) is 4.24. The normalized spacial score (nSPS) is 18.5. The van der Waals surface area contributed by atoms with E-state index in [1.807, 2.05) is 46.1 Å². The Bertz CT molecular complexity index is 1030. The first-order valence-corrected chi connectivity index (χ1v) is 13.5. The van der Waals surface area contributed by atoms with Crippen LogP contribution in [0.15, 0.2) is 6.07 Å². The van der Waals surface area contributed by atoms with Crippen molar-refractivity contribution >= 4 is 33.5 Å². The van der Waals surface area contributed by atoms with E-state index < -0.39 is 34.2 Å². The first-order valence-electron chi connectivity index (χ1n) is 10.5. The molecule has 0 atom stereocenters. The van der Waals surface area contributed by atoms with E-state index in [-0.39, 0.29) is 5.56 Å². The molecule has 0 saturated carbocycles. The van der Waals surface area contributed by atoms with E-state index in [9.17, 15) is 5.26 Å². The van der Waals surface area contributed by atoms with Gasteiger partial charge in [0.25, 0.3) is 0 Å². The van der Waals surface area contributed by atoms with Crippen LogP contribution in [0.2, 0.25) is 0 Å². The van der Waals surface area contributed by atoms with Gasteiger partial charge in [-0.3, -0.25) is 0 Å². The molecule has 2 aromatic rings. The fourth-order valence-corrected chi connectivity index (χ4v) is 4.39. The van der Waals surface area contributed by atoms with Crippen molar-refractivity contribution in [1.29, 1.82) is 5.26 Å². The van der Waals surface area contributed by atoms with Gasteiger partial charge in [0.2, 0.25) is 0 Å². The zero-order chi connectivity index (χ0) is 23.4. The number of benzene rings is 1. The maximum atomic E-state index is 15.3. The largest absolute Gasteiger partial charge is 0.498 e. The van der Waals surface area contributed by atoms with E-state index in [2.05, 4.69) is 24.8 Å². The Morgan fingerprint density at radius 3 is 2.26 bits per heavy atom. The van der Waals surface area contributed by atoms with E-state index in [4.69, 9.17) is 14.0 Å². The average molecular weight is 448 g/mol. The van der Waals surface area contributed by atoms with Crippen molar-refractivity contribution in [3.63, 3.8) is 0 Å². The lowest BCUT2D eigenvalue weighted by Gasteiger charge is -2.32. The molecule has 0 N–H and O–H groups in total. The van der Waals surface area contributed by atoms with Crippen molar-refractivity contribution in [1.82, 2.24) is 4.57 Å². The molecule has 0 aliphatic carbocycles. The molecular formula is C23H34BFN2O3S. The van der Waals surface area contributed by atoms with E-state index in [0.717, 1.165) is 17.0 Å². The van der Waals surface area contributed by atoms with Gasteiger partial charge in [0.05, 0.1) is 28.9 Å². The van der Waals surface area contributed by atoms with E-state index >= 15 is 4.39 Å². The average Bonchev–Trinajstić information content (AvgIpc) is 3.00. The van der Waals surface area contributed by atoms with Crippen molar-refractivity contribution in [3.05, 3.63) is 28.7 Å². The zero-order valence-corrected chi connectivity index (χ0v) is 21.0. The van der Waals surface area contributed by atoms with Crippen LogP contribution >= 0.6 is 10.0 Å². The minimum atomic E-state index is -0.848. The lowest BCUT2D eigenvalue weighted by atomic mass is 9.75. The highest BCUT2D eigenvalue weighted by molar-refractivity contribution is 8.32. The molecule has 3 rings (SSSR count). The summed E-state index contributed by atoms with van der Waals surface area (Å²) in [6.45, 7) is 12.7. The molecule has 1 aliphatic rings. The van der Waals surface area contributed by atoms with Crippen LogP contribution in [0.4, 0.5) is 4.39 Å². The molecule has 1 saturated heterocycles. The third kappa shape index (κ3) is 4.38. The van der Waals surface area contributed by atoms with Gasteiger partial charge in [0.1, 0.15) is 18.6 Å². The summed E-state index contributed by atoms with van der Waals surface area (Å²) in [4.78, 5) is 0. The first-order chi connectivity index (χ1) is 14.2. The number of aromatic nitrogens is 1. The topological polar surface area (TPSA) is 56.4 Å². The number of aryl methyl sites for hydroxylation is 1. The summed E-state index contributed by atoms with van der Waals surface area (Å²) < 4.78 is 35.6. The van der Waals surface area contributed by atoms with Crippen LogP contribution < -0.4 is 5.46 Å². The fraction of sp³-hybridized carbons (Fsp3) is 0.609. The number of rotatable bonds is 6. The molecule has 5 nitrogen and oxygen atoms in total. The van der Waals surface area contributed by atoms with E-state index in [1.54, 1.807) is 0 Å². The fourth-order valence-electron chi connectivity index (χ4n) is 3.77. The predicted molar refractivity (Wildman–Crippen MR) is 128 cm³/mol. The van der Waals surface area contributed by atoms with Gasteiger partial charge in [0, 0.05) is 22.3 Å². The van der Waals surface area contributed by atoms with Crippen LogP contribution in [0.25, 0.3) is 10.9 Å². The molecular weight excluding hydrogens is 414 g/mol. The molecule has 31 heavy (non-hydrogen) atoms. The van der Waals surface area contributed by atoms with Gasteiger partial charge in [0.15, 0.2) is 0 Å². The Balaban J connectivity index is 2.10. The van der Waals surface area contributed by atoms with Crippen LogP contribution in [0.1, 0.15) is 44.5 Å². The van der Waals surface area contributed by atoms with Crippen LogP contribution in [-0.2, 0) is 20.8 Å². The molecule has 0 amide bonds. The second-order valence-electron chi connectivity index (χ2n) is 10.2. The van der Waals surface area contributed by atoms with Crippen molar-refractivity contribution in [2.24, 2.45) is 0 Å². The molecule has 1 aliphatic heterocycles. The van der Waals surface area contributed by atoms with Crippen molar-refractivity contribution < 1.29 is 18.4 Å².